The van der Waals surface area contributed by atoms with Crippen LogP contribution in [0.5, 0.6) is 0 Å². The summed E-state index contributed by atoms with van der Waals surface area (Å²) < 4.78 is 0. The number of rotatable bonds is 5. The van der Waals surface area contributed by atoms with E-state index in [1.54, 1.807) is 0 Å². The van der Waals surface area contributed by atoms with Gasteiger partial charge in [-0.25, -0.2) is 0 Å². The average Bonchev–Trinajstić information content (AvgIpc) is 2.40. The fraction of sp³-hybridized carbons (Fsp3) is 0.412. The molecule has 0 aromatic heterocycles. The molecule has 0 saturated heterocycles. The molecule has 2 aromatic carbocycles. The smallest absolute Gasteiger partial charge is 0.0426 e. The lowest BCUT2D eigenvalue weighted by Crippen LogP contribution is -1.98. The number of anilines is 1. The van der Waals surface area contributed by atoms with Crippen molar-refractivity contribution in [2.24, 2.45) is 0 Å². The molecule has 0 bridgehead atoms. The predicted molar refractivity (Wildman–Crippen MR) is 80.9 cm³/mol. The van der Waals surface area contributed by atoms with E-state index < -0.39 is 0 Å². The second kappa shape index (κ2) is 5.90. The number of unbranched alkanes of at least 4 members (excludes halogenated alkanes) is 3. The minimum Gasteiger partial charge on any atom is -0.398 e. The van der Waals surface area contributed by atoms with Crippen molar-refractivity contribution in [3.8, 4) is 0 Å². The molecule has 0 aliphatic carbocycles. The van der Waals surface area contributed by atoms with Crippen molar-refractivity contribution in [1.82, 2.24) is 0 Å². The minimum atomic E-state index is 0.957. The summed E-state index contributed by atoms with van der Waals surface area (Å²) in [4.78, 5) is 0. The Labute approximate surface area is 110 Å². The first kappa shape index (κ1) is 12.9. The van der Waals surface area contributed by atoms with E-state index in [-0.39, 0.29) is 0 Å². The van der Waals surface area contributed by atoms with Crippen LogP contribution in [0.2, 0.25) is 0 Å². The molecule has 0 aliphatic rings. The van der Waals surface area contributed by atoms with Gasteiger partial charge in [-0.15, -0.1) is 0 Å². The third-order valence-electron chi connectivity index (χ3n) is 3.77. The van der Waals surface area contributed by atoms with Crippen molar-refractivity contribution in [3.05, 3.63) is 41.5 Å². The SMILES string of the molecule is CCCCCCc1cc2ccccc2c(N)c1C. The maximum absolute atomic E-state index is 6.25. The van der Waals surface area contributed by atoms with Gasteiger partial charge in [0.1, 0.15) is 0 Å². The van der Waals surface area contributed by atoms with Crippen LogP contribution in [0.15, 0.2) is 30.3 Å². The Kier molecular flexibility index (Phi) is 4.24. The minimum absolute atomic E-state index is 0.957. The summed E-state index contributed by atoms with van der Waals surface area (Å²) >= 11 is 0. The van der Waals surface area contributed by atoms with E-state index in [0.29, 0.717) is 0 Å². The highest BCUT2D eigenvalue weighted by molar-refractivity contribution is 5.95. The summed E-state index contributed by atoms with van der Waals surface area (Å²) in [6.07, 6.45) is 6.37. The number of hydrogen-bond donors (Lipinski definition) is 1. The Bertz CT molecular complexity index is 528. The maximum atomic E-state index is 6.25. The second-order valence-electron chi connectivity index (χ2n) is 5.11. The van der Waals surface area contributed by atoms with Crippen LogP contribution in [-0.2, 0) is 6.42 Å². The molecular weight excluding hydrogens is 218 g/mol. The Balaban J connectivity index is 2.25. The highest BCUT2D eigenvalue weighted by atomic mass is 14.6. The zero-order valence-electron chi connectivity index (χ0n) is 11.5. The molecule has 0 aliphatic heterocycles. The van der Waals surface area contributed by atoms with E-state index in [0.717, 1.165) is 12.1 Å². The zero-order chi connectivity index (χ0) is 13.0. The molecule has 0 heterocycles. The van der Waals surface area contributed by atoms with Gasteiger partial charge in [-0.3, -0.25) is 0 Å². The monoisotopic (exact) mass is 241 g/mol. The maximum Gasteiger partial charge on any atom is 0.0426 e. The third kappa shape index (κ3) is 2.66. The molecule has 1 nitrogen and oxygen atoms in total. The molecule has 0 radical (unpaired) electrons. The summed E-state index contributed by atoms with van der Waals surface area (Å²) in [5, 5.41) is 2.46. The summed E-state index contributed by atoms with van der Waals surface area (Å²) in [5.74, 6) is 0. The van der Waals surface area contributed by atoms with Crippen molar-refractivity contribution >= 4 is 16.5 Å². The van der Waals surface area contributed by atoms with E-state index in [4.69, 9.17) is 5.73 Å². The Morgan fingerprint density at radius 1 is 1.06 bits per heavy atom. The standard InChI is InChI=1S/C17H23N/c1-3-4-5-6-9-14-12-15-10-7-8-11-16(15)17(18)13(14)2/h7-8,10-12H,3-6,9,18H2,1-2H3. The molecule has 0 saturated carbocycles. The van der Waals surface area contributed by atoms with Crippen molar-refractivity contribution < 1.29 is 0 Å². The molecule has 0 amide bonds. The molecule has 18 heavy (non-hydrogen) atoms. The topological polar surface area (TPSA) is 26.0 Å². The first-order chi connectivity index (χ1) is 8.74. The molecule has 0 atom stereocenters. The summed E-state index contributed by atoms with van der Waals surface area (Å²) in [5.41, 5.74) is 9.89. The Morgan fingerprint density at radius 3 is 2.61 bits per heavy atom. The van der Waals surface area contributed by atoms with Crippen LogP contribution in [0.25, 0.3) is 10.8 Å². The molecule has 0 unspecified atom stereocenters. The van der Waals surface area contributed by atoms with Crippen molar-refractivity contribution in [2.75, 3.05) is 5.73 Å². The third-order valence-corrected chi connectivity index (χ3v) is 3.77. The van der Waals surface area contributed by atoms with Gasteiger partial charge in [0.05, 0.1) is 0 Å². The highest BCUT2D eigenvalue weighted by Crippen LogP contribution is 2.28. The molecular formula is C17H23N. The van der Waals surface area contributed by atoms with Gasteiger partial charge in [-0.1, -0.05) is 56.5 Å². The normalized spacial score (nSPS) is 11.0. The van der Waals surface area contributed by atoms with Gasteiger partial charge in [0, 0.05) is 11.1 Å². The first-order valence-electron chi connectivity index (χ1n) is 7.00. The van der Waals surface area contributed by atoms with Gasteiger partial charge >= 0.3 is 0 Å². The van der Waals surface area contributed by atoms with Gasteiger partial charge in [0.2, 0.25) is 0 Å². The molecule has 0 fully saturated rings. The molecule has 0 spiro atoms. The van der Waals surface area contributed by atoms with Crippen LogP contribution >= 0.6 is 0 Å². The van der Waals surface area contributed by atoms with Crippen LogP contribution in [0.4, 0.5) is 5.69 Å². The van der Waals surface area contributed by atoms with E-state index >= 15 is 0 Å². The molecule has 2 N–H and O–H groups in total. The molecule has 1 heteroatoms. The molecule has 96 valence electrons. The lowest BCUT2D eigenvalue weighted by Gasteiger charge is -2.12. The van der Waals surface area contributed by atoms with E-state index in [1.807, 2.05) is 0 Å². The lowest BCUT2D eigenvalue weighted by atomic mass is 9.95. The Morgan fingerprint density at radius 2 is 1.83 bits per heavy atom. The highest BCUT2D eigenvalue weighted by Gasteiger charge is 2.06. The molecule has 2 rings (SSSR count). The number of aryl methyl sites for hydroxylation is 1. The van der Waals surface area contributed by atoms with Gasteiger partial charge in [0.15, 0.2) is 0 Å². The van der Waals surface area contributed by atoms with Crippen molar-refractivity contribution in [3.63, 3.8) is 0 Å². The lowest BCUT2D eigenvalue weighted by molar-refractivity contribution is 0.666. The van der Waals surface area contributed by atoms with Crippen LogP contribution in [0, 0.1) is 6.92 Å². The predicted octanol–water partition coefficient (Wildman–Crippen LogP) is 4.85. The van der Waals surface area contributed by atoms with Gasteiger partial charge in [0.25, 0.3) is 0 Å². The average molecular weight is 241 g/mol. The summed E-state index contributed by atoms with van der Waals surface area (Å²) in [7, 11) is 0. The number of fused-ring (bicyclic) bond motifs is 1. The van der Waals surface area contributed by atoms with Gasteiger partial charge in [-0.2, -0.15) is 0 Å². The van der Waals surface area contributed by atoms with Crippen LogP contribution in [0.3, 0.4) is 0 Å². The second-order valence-corrected chi connectivity index (χ2v) is 5.11. The Hall–Kier alpha value is -1.50. The fourth-order valence-corrected chi connectivity index (χ4v) is 2.54. The van der Waals surface area contributed by atoms with E-state index in [1.165, 1.54) is 47.6 Å². The number of benzene rings is 2. The number of hydrogen-bond acceptors (Lipinski definition) is 1. The largest absolute Gasteiger partial charge is 0.398 e. The van der Waals surface area contributed by atoms with Crippen molar-refractivity contribution in [2.45, 2.75) is 46.0 Å². The first-order valence-corrected chi connectivity index (χ1v) is 7.00. The number of nitrogen functional groups attached to an aromatic ring is 1. The number of nitrogens with two attached hydrogens (primary N) is 1. The van der Waals surface area contributed by atoms with Crippen LogP contribution in [0.1, 0.15) is 43.7 Å². The zero-order valence-corrected chi connectivity index (χ0v) is 11.5. The van der Waals surface area contributed by atoms with Crippen molar-refractivity contribution in [1.29, 1.82) is 0 Å². The molecule has 2 aromatic rings. The quantitative estimate of drug-likeness (QED) is 0.587. The van der Waals surface area contributed by atoms with Gasteiger partial charge in [-0.05, 0) is 36.3 Å². The van der Waals surface area contributed by atoms with E-state index in [9.17, 15) is 0 Å². The van der Waals surface area contributed by atoms with E-state index in [2.05, 4.69) is 44.2 Å². The van der Waals surface area contributed by atoms with Crippen LogP contribution < -0.4 is 5.73 Å². The summed E-state index contributed by atoms with van der Waals surface area (Å²) in [6.45, 7) is 4.40. The summed E-state index contributed by atoms with van der Waals surface area (Å²) in [6, 6.07) is 10.7. The van der Waals surface area contributed by atoms with Gasteiger partial charge < -0.3 is 5.73 Å². The fourth-order valence-electron chi connectivity index (χ4n) is 2.54. The van der Waals surface area contributed by atoms with Crippen LogP contribution in [-0.4, -0.2) is 0 Å².